The quantitative estimate of drug-likeness (QED) is 0.439. The first-order valence-electron chi connectivity index (χ1n) is 10.2. The molecule has 0 spiro atoms. The fourth-order valence-electron chi connectivity index (χ4n) is 3.82. The number of carboxylic acids is 1. The number of carbonyl (C=O) groups excluding carboxylic acids is 1. The number of aryl methyl sites for hydroxylation is 2. The van der Waals surface area contributed by atoms with E-state index in [2.05, 4.69) is 10.4 Å². The number of fused-ring (bicyclic) bond motifs is 1. The standard InChI is InChI=1S/C24H21F2N3O4/c1-12-17-5-4-6-19(25)23(17)33-22(12)24(32)27-16-8-7-15(20(26)9-16)11-29-14(3)18(10-21(30)31)13(2)28-29/h4-9H,10-11H2,1-3H3,(H,27,32)(H,30,31). The normalized spacial score (nSPS) is 11.2. The van der Waals surface area contributed by atoms with Gasteiger partial charge in [0, 0.05) is 33.5 Å². The van der Waals surface area contributed by atoms with Crippen LogP contribution in [-0.2, 0) is 17.8 Å². The Morgan fingerprint density at radius 1 is 1.12 bits per heavy atom. The van der Waals surface area contributed by atoms with Crippen LogP contribution < -0.4 is 5.32 Å². The van der Waals surface area contributed by atoms with Gasteiger partial charge in [0.15, 0.2) is 17.2 Å². The first-order valence-corrected chi connectivity index (χ1v) is 10.2. The van der Waals surface area contributed by atoms with Crippen LogP contribution in [0.4, 0.5) is 14.5 Å². The lowest BCUT2D eigenvalue weighted by atomic mass is 10.1. The van der Waals surface area contributed by atoms with E-state index in [0.717, 1.165) is 0 Å². The van der Waals surface area contributed by atoms with Crippen LogP contribution in [0.15, 0.2) is 40.8 Å². The number of halogens is 2. The molecular weight excluding hydrogens is 432 g/mol. The zero-order valence-electron chi connectivity index (χ0n) is 18.2. The van der Waals surface area contributed by atoms with Crippen LogP contribution in [0, 0.1) is 32.4 Å². The summed E-state index contributed by atoms with van der Waals surface area (Å²) in [6, 6.07) is 8.67. The summed E-state index contributed by atoms with van der Waals surface area (Å²) in [5.74, 6) is -2.76. The summed E-state index contributed by atoms with van der Waals surface area (Å²) in [4.78, 5) is 23.7. The lowest BCUT2D eigenvalue weighted by Crippen LogP contribution is -2.13. The number of hydrogen-bond donors (Lipinski definition) is 2. The Morgan fingerprint density at radius 3 is 2.55 bits per heavy atom. The lowest BCUT2D eigenvalue weighted by molar-refractivity contribution is -0.136. The largest absolute Gasteiger partial charge is 0.481 e. The van der Waals surface area contributed by atoms with Crippen molar-refractivity contribution in [1.29, 1.82) is 0 Å². The van der Waals surface area contributed by atoms with Crippen molar-refractivity contribution in [2.45, 2.75) is 33.7 Å². The van der Waals surface area contributed by atoms with Gasteiger partial charge in [-0.05, 0) is 39.0 Å². The highest BCUT2D eigenvalue weighted by Crippen LogP contribution is 2.28. The molecule has 1 amide bonds. The molecule has 0 radical (unpaired) electrons. The molecule has 0 aliphatic rings. The van der Waals surface area contributed by atoms with Gasteiger partial charge in [0.1, 0.15) is 5.82 Å². The van der Waals surface area contributed by atoms with Crippen LogP contribution in [0.1, 0.15) is 38.6 Å². The molecule has 2 aromatic heterocycles. The number of benzene rings is 2. The number of rotatable bonds is 6. The van der Waals surface area contributed by atoms with E-state index in [-0.39, 0.29) is 30.0 Å². The van der Waals surface area contributed by atoms with Crippen LogP contribution in [0.5, 0.6) is 0 Å². The number of nitrogens with one attached hydrogen (secondary N) is 1. The van der Waals surface area contributed by atoms with Gasteiger partial charge in [0.05, 0.1) is 18.7 Å². The minimum Gasteiger partial charge on any atom is -0.481 e. The molecular formula is C24H21F2N3O4. The van der Waals surface area contributed by atoms with E-state index in [1.165, 1.54) is 24.3 Å². The Balaban J connectivity index is 1.54. The van der Waals surface area contributed by atoms with E-state index in [0.29, 0.717) is 33.5 Å². The molecule has 7 nitrogen and oxygen atoms in total. The SMILES string of the molecule is Cc1nn(Cc2ccc(NC(=O)c3oc4c(F)cccc4c3C)cc2F)c(C)c1CC(=O)O. The summed E-state index contributed by atoms with van der Waals surface area (Å²) in [7, 11) is 0. The minimum absolute atomic E-state index is 0.00571. The summed E-state index contributed by atoms with van der Waals surface area (Å²) in [5.41, 5.74) is 2.85. The second kappa shape index (κ2) is 8.50. The minimum atomic E-state index is -0.963. The topological polar surface area (TPSA) is 97.4 Å². The van der Waals surface area contributed by atoms with Gasteiger partial charge >= 0.3 is 5.97 Å². The molecule has 0 aliphatic carbocycles. The molecule has 2 heterocycles. The average molecular weight is 453 g/mol. The van der Waals surface area contributed by atoms with Crippen LogP contribution in [-0.4, -0.2) is 26.8 Å². The van der Waals surface area contributed by atoms with Gasteiger partial charge < -0.3 is 14.8 Å². The van der Waals surface area contributed by atoms with E-state index >= 15 is 0 Å². The zero-order chi connectivity index (χ0) is 23.9. The smallest absolute Gasteiger partial charge is 0.307 e. The molecule has 2 N–H and O–H groups in total. The predicted octanol–water partition coefficient (Wildman–Crippen LogP) is 4.76. The number of furan rings is 1. The molecule has 0 aliphatic heterocycles. The third-order valence-corrected chi connectivity index (χ3v) is 5.61. The van der Waals surface area contributed by atoms with Gasteiger partial charge in [0.2, 0.25) is 0 Å². The molecule has 170 valence electrons. The Kier molecular flexibility index (Phi) is 5.71. The van der Waals surface area contributed by atoms with Gasteiger partial charge in [-0.25, -0.2) is 8.78 Å². The molecule has 9 heteroatoms. The second-order valence-corrected chi connectivity index (χ2v) is 7.81. The summed E-state index contributed by atoms with van der Waals surface area (Å²) in [5, 5.41) is 16.4. The number of anilines is 1. The van der Waals surface area contributed by atoms with Gasteiger partial charge in [-0.1, -0.05) is 18.2 Å². The molecule has 4 rings (SSSR count). The van der Waals surface area contributed by atoms with E-state index in [9.17, 15) is 18.4 Å². The maximum absolute atomic E-state index is 14.8. The third-order valence-electron chi connectivity index (χ3n) is 5.61. The first kappa shape index (κ1) is 22.2. The van der Waals surface area contributed by atoms with Crippen molar-refractivity contribution in [3.05, 3.63) is 81.9 Å². The molecule has 0 unspecified atom stereocenters. The van der Waals surface area contributed by atoms with Crippen LogP contribution in [0.3, 0.4) is 0 Å². The van der Waals surface area contributed by atoms with Gasteiger partial charge in [-0.3, -0.25) is 14.3 Å². The summed E-state index contributed by atoms with van der Waals surface area (Å²) in [6.07, 6.45) is -0.157. The average Bonchev–Trinajstić information content (AvgIpc) is 3.22. The fourth-order valence-corrected chi connectivity index (χ4v) is 3.82. The lowest BCUT2D eigenvalue weighted by Gasteiger charge is -2.09. The maximum Gasteiger partial charge on any atom is 0.307 e. The molecule has 0 atom stereocenters. The van der Waals surface area contributed by atoms with Crippen molar-refractivity contribution in [3.8, 4) is 0 Å². The summed E-state index contributed by atoms with van der Waals surface area (Å²) < 4.78 is 35.7. The van der Waals surface area contributed by atoms with E-state index < -0.39 is 23.5 Å². The Bertz CT molecular complexity index is 1400. The van der Waals surface area contributed by atoms with Gasteiger partial charge in [0.25, 0.3) is 5.91 Å². The van der Waals surface area contributed by atoms with Crippen LogP contribution in [0.25, 0.3) is 11.0 Å². The van der Waals surface area contributed by atoms with Crippen molar-refractivity contribution in [1.82, 2.24) is 9.78 Å². The highest BCUT2D eigenvalue weighted by Gasteiger charge is 2.20. The Morgan fingerprint density at radius 2 is 1.88 bits per heavy atom. The van der Waals surface area contributed by atoms with Crippen molar-refractivity contribution in [2.24, 2.45) is 0 Å². The Labute approximate surface area is 187 Å². The molecule has 0 fully saturated rings. The zero-order valence-corrected chi connectivity index (χ0v) is 18.2. The number of carbonyl (C=O) groups is 2. The second-order valence-electron chi connectivity index (χ2n) is 7.81. The fraction of sp³-hybridized carbons (Fsp3) is 0.208. The predicted molar refractivity (Wildman–Crippen MR) is 117 cm³/mol. The van der Waals surface area contributed by atoms with Crippen molar-refractivity contribution in [2.75, 3.05) is 5.32 Å². The highest BCUT2D eigenvalue weighted by molar-refractivity contribution is 6.06. The molecule has 4 aromatic rings. The number of aliphatic carboxylic acids is 1. The number of aromatic nitrogens is 2. The molecule has 33 heavy (non-hydrogen) atoms. The van der Waals surface area contributed by atoms with E-state index in [4.69, 9.17) is 9.52 Å². The van der Waals surface area contributed by atoms with Crippen molar-refractivity contribution >= 4 is 28.5 Å². The summed E-state index contributed by atoms with van der Waals surface area (Å²) >= 11 is 0. The number of para-hydroxylation sites is 1. The van der Waals surface area contributed by atoms with Gasteiger partial charge in [-0.2, -0.15) is 5.10 Å². The monoisotopic (exact) mass is 453 g/mol. The van der Waals surface area contributed by atoms with Gasteiger partial charge in [-0.15, -0.1) is 0 Å². The highest BCUT2D eigenvalue weighted by atomic mass is 19.1. The summed E-state index contributed by atoms with van der Waals surface area (Å²) in [6.45, 7) is 5.21. The van der Waals surface area contributed by atoms with Crippen molar-refractivity contribution in [3.63, 3.8) is 0 Å². The van der Waals surface area contributed by atoms with Crippen LogP contribution >= 0.6 is 0 Å². The molecule has 0 saturated heterocycles. The molecule has 2 aromatic carbocycles. The number of carboxylic acid groups (broad SMARTS) is 1. The van der Waals surface area contributed by atoms with Crippen LogP contribution in [0.2, 0.25) is 0 Å². The molecule has 0 saturated carbocycles. The number of amides is 1. The molecule has 0 bridgehead atoms. The first-order chi connectivity index (χ1) is 15.7. The van der Waals surface area contributed by atoms with Crippen molar-refractivity contribution < 1.29 is 27.9 Å². The number of nitrogens with zero attached hydrogens (tertiary/aromatic N) is 2. The maximum atomic E-state index is 14.8. The Hall–Kier alpha value is -4.01. The third kappa shape index (κ3) is 4.21. The number of hydrogen-bond acceptors (Lipinski definition) is 4. The van der Waals surface area contributed by atoms with E-state index in [1.54, 1.807) is 37.6 Å². The van der Waals surface area contributed by atoms with E-state index in [1.807, 2.05) is 0 Å².